The number of likely N-dealkylation sites (tertiary alicyclic amines) is 1. The van der Waals surface area contributed by atoms with Gasteiger partial charge in [0.1, 0.15) is 11.3 Å². The molecule has 1 aliphatic carbocycles. The Bertz CT molecular complexity index is 2000. The number of hydrogen-bond donors (Lipinski definition) is 1. The van der Waals surface area contributed by atoms with Crippen molar-refractivity contribution in [1.29, 1.82) is 0 Å². The Hall–Kier alpha value is -4.59. The van der Waals surface area contributed by atoms with E-state index in [9.17, 15) is 9.59 Å². The minimum atomic E-state index is -0.00244. The largest absolute Gasteiger partial charge is 0.494 e. The summed E-state index contributed by atoms with van der Waals surface area (Å²) in [5, 5.41) is 4.10. The van der Waals surface area contributed by atoms with Crippen LogP contribution in [0.5, 0.6) is 5.75 Å². The van der Waals surface area contributed by atoms with Gasteiger partial charge in [0, 0.05) is 55.3 Å². The molecule has 8 rings (SSSR count). The molecule has 0 spiro atoms. The highest BCUT2D eigenvalue weighted by Crippen LogP contribution is 2.41. The summed E-state index contributed by atoms with van der Waals surface area (Å²) in [5.41, 5.74) is 8.57. The van der Waals surface area contributed by atoms with Gasteiger partial charge in [-0.2, -0.15) is 0 Å². The van der Waals surface area contributed by atoms with Gasteiger partial charge in [-0.3, -0.25) is 9.59 Å². The first-order valence-electron chi connectivity index (χ1n) is 16.3. The van der Waals surface area contributed by atoms with Crippen molar-refractivity contribution in [3.8, 4) is 28.4 Å². The molecule has 4 heterocycles. The predicted molar refractivity (Wildman–Crippen MR) is 176 cm³/mol. The Morgan fingerprint density at radius 3 is 2.69 bits per heavy atom. The number of piperidine rings is 1. The van der Waals surface area contributed by atoms with E-state index in [0.29, 0.717) is 29.7 Å². The predicted octanol–water partition coefficient (Wildman–Crippen LogP) is 6.79. The van der Waals surface area contributed by atoms with Crippen molar-refractivity contribution >= 4 is 33.8 Å². The minimum Gasteiger partial charge on any atom is -0.494 e. The van der Waals surface area contributed by atoms with E-state index in [1.54, 1.807) is 7.11 Å². The van der Waals surface area contributed by atoms with Crippen LogP contribution in [0.25, 0.3) is 44.6 Å². The van der Waals surface area contributed by atoms with Gasteiger partial charge in [0.25, 0.3) is 11.8 Å². The molecule has 2 aliphatic heterocycles. The zero-order valence-electron chi connectivity index (χ0n) is 26.2. The van der Waals surface area contributed by atoms with Gasteiger partial charge in [0.15, 0.2) is 5.82 Å². The molecule has 0 bridgehead atoms. The molecule has 2 amide bonds. The highest BCUT2D eigenvalue weighted by molar-refractivity contribution is 6.02. The van der Waals surface area contributed by atoms with Gasteiger partial charge in [0.2, 0.25) is 0 Å². The molecule has 230 valence electrons. The van der Waals surface area contributed by atoms with E-state index in [1.807, 2.05) is 30.1 Å². The van der Waals surface area contributed by atoms with Gasteiger partial charge in [-0.15, -0.1) is 0 Å². The first-order valence-corrected chi connectivity index (χ1v) is 16.3. The number of rotatable bonds is 7. The third-order valence-corrected chi connectivity index (χ3v) is 10.2. The summed E-state index contributed by atoms with van der Waals surface area (Å²) < 4.78 is 10.4. The molecule has 5 aromatic rings. The summed E-state index contributed by atoms with van der Waals surface area (Å²) in [6.45, 7) is 5.29. The number of hydrogen-bond acceptors (Lipinski definition) is 4. The molecule has 2 aromatic heterocycles. The van der Waals surface area contributed by atoms with Crippen LogP contribution in [0, 0.1) is 11.8 Å². The normalized spacial score (nSPS) is 18.1. The fourth-order valence-corrected chi connectivity index (χ4v) is 7.47. The maximum Gasteiger partial charge on any atom is 0.254 e. The number of aromatic nitrogens is 3. The molecular weight excluding hydrogens is 562 g/mol. The monoisotopic (exact) mass is 601 g/mol. The molecule has 8 heteroatoms. The number of para-hydroxylation sites is 1. The van der Waals surface area contributed by atoms with E-state index in [4.69, 9.17) is 9.72 Å². The van der Waals surface area contributed by atoms with Crippen molar-refractivity contribution in [2.75, 3.05) is 20.2 Å². The van der Waals surface area contributed by atoms with E-state index in [1.165, 1.54) is 24.8 Å². The van der Waals surface area contributed by atoms with Crippen molar-refractivity contribution in [3.05, 3.63) is 71.3 Å². The summed E-state index contributed by atoms with van der Waals surface area (Å²) in [5.74, 6) is 2.76. The van der Waals surface area contributed by atoms with Crippen molar-refractivity contribution in [1.82, 2.24) is 24.3 Å². The van der Waals surface area contributed by atoms with Crippen LogP contribution in [0.3, 0.4) is 0 Å². The fraction of sp³-hybridized carbons (Fsp3) is 0.378. The molecule has 45 heavy (non-hydrogen) atoms. The fourth-order valence-electron chi connectivity index (χ4n) is 7.47. The second-order valence-corrected chi connectivity index (χ2v) is 13.1. The highest BCUT2D eigenvalue weighted by Gasteiger charge is 2.29. The minimum absolute atomic E-state index is 0.00244. The van der Waals surface area contributed by atoms with Gasteiger partial charge in [-0.05, 0) is 79.0 Å². The summed E-state index contributed by atoms with van der Waals surface area (Å²) >= 11 is 0. The third-order valence-electron chi connectivity index (χ3n) is 10.2. The number of ether oxygens (including phenoxy) is 1. The molecule has 2 fully saturated rings. The van der Waals surface area contributed by atoms with E-state index >= 15 is 0 Å². The van der Waals surface area contributed by atoms with Crippen LogP contribution < -0.4 is 10.1 Å². The van der Waals surface area contributed by atoms with Gasteiger partial charge < -0.3 is 24.1 Å². The first-order chi connectivity index (χ1) is 21.9. The van der Waals surface area contributed by atoms with Gasteiger partial charge in [0.05, 0.1) is 23.8 Å². The van der Waals surface area contributed by atoms with E-state index in [2.05, 4.69) is 57.8 Å². The highest BCUT2D eigenvalue weighted by atomic mass is 16.5. The number of nitrogens with one attached hydrogen (secondary N) is 1. The van der Waals surface area contributed by atoms with Crippen molar-refractivity contribution in [2.24, 2.45) is 18.9 Å². The average Bonchev–Trinajstić information content (AvgIpc) is 3.59. The maximum absolute atomic E-state index is 13.7. The van der Waals surface area contributed by atoms with Crippen LogP contribution in [0.2, 0.25) is 0 Å². The molecule has 8 nitrogen and oxygen atoms in total. The molecule has 3 aliphatic rings. The van der Waals surface area contributed by atoms with Crippen molar-refractivity contribution in [2.45, 2.75) is 52.1 Å². The summed E-state index contributed by atoms with van der Waals surface area (Å²) in [6, 6.07) is 18.7. The maximum atomic E-state index is 13.7. The lowest BCUT2D eigenvalue weighted by Crippen LogP contribution is -2.39. The van der Waals surface area contributed by atoms with Crippen molar-refractivity contribution in [3.63, 3.8) is 0 Å². The second kappa shape index (κ2) is 10.8. The topological polar surface area (TPSA) is 81.4 Å². The van der Waals surface area contributed by atoms with E-state index in [-0.39, 0.29) is 11.8 Å². The van der Waals surface area contributed by atoms with E-state index in [0.717, 1.165) is 82.7 Å². The SMILES string of the molecule is CC[C@@H]1CCCN(C(=O)c2cc(OC)c3c(c2)nc(-c2cc4cccc(-c5ccc6c(c5)CNC6=O)c4n2CC2CC2)n3C)C1. The molecule has 1 atom stereocenters. The van der Waals surface area contributed by atoms with Crippen LogP contribution in [-0.4, -0.2) is 51.0 Å². The molecule has 0 radical (unpaired) electrons. The Kier molecular flexibility index (Phi) is 6.69. The molecule has 0 unspecified atom stereocenters. The number of fused-ring (bicyclic) bond motifs is 3. The van der Waals surface area contributed by atoms with Crippen molar-refractivity contribution < 1.29 is 14.3 Å². The standard InChI is InChI=1S/C37H39N5O3/c1-4-22-7-6-14-41(20-22)37(44)26-16-30-34(32(18-26)45-3)40(2)35(39-30)31-17-25-8-5-9-28(33(25)42(31)21-23-10-11-23)24-12-13-29-27(15-24)19-38-36(29)43/h5,8-9,12-13,15-18,22-23H,4,6-7,10-11,14,19-21H2,1-3H3,(H,38,43)/t22-/m1/s1. The number of nitrogens with zero attached hydrogens (tertiary/aromatic N) is 4. The molecular formula is C37H39N5O3. The van der Waals surface area contributed by atoms with Crippen LogP contribution >= 0.6 is 0 Å². The Labute approximate surface area is 263 Å². The lowest BCUT2D eigenvalue weighted by atomic mass is 9.95. The zero-order valence-corrected chi connectivity index (χ0v) is 26.2. The molecule has 1 N–H and O–H groups in total. The molecule has 3 aromatic carbocycles. The number of carbonyl (C=O) groups excluding carboxylic acids is 2. The second-order valence-electron chi connectivity index (χ2n) is 13.1. The van der Waals surface area contributed by atoms with Gasteiger partial charge in [-0.25, -0.2) is 4.98 Å². The number of aryl methyl sites for hydroxylation is 1. The number of imidazole rings is 1. The van der Waals surface area contributed by atoms with Crippen LogP contribution in [0.1, 0.15) is 65.3 Å². The summed E-state index contributed by atoms with van der Waals surface area (Å²) in [4.78, 5) is 33.1. The number of carbonyl (C=O) groups is 2. The number of methoxy groups -OCH3 is 1. The summed E-state index contributed by atoms with van der Waals surface area (Å²) in [7, 11) is 3.70. The number of benzene rings is 3. The first kappa shape index (κ1) is 27.9. The Morgan fingerprint density at radius 1 is 1.02 bits per heavy atom. The van der Waals surface area contributed by atoms with Crippen LogP contribution in [0.4, 0.5) is 0 Å². The third kappa shape index (κ3) is 4.69. The zero-order chi connectivity index (χ0) is 30.8. The summed E-state index contributed by atoms with van der Waals surface area (Å²) in [6.07, 6.45) is 5.78. The van der Waals surface area contributed by atoms with Crippen LogP contribution in [-0.2, 0) is 20.1 Å². The van der Waals surface area contributed by atoms with Gasteiger partial charge in [-0.1, -0.05) is 37.6 Å². The molecule has 1 saturated carbocycles. The lowest BCUT2D eigenvalue weighted by molar-refractivity contribution is 0.0671. The Balaban J connectivity index is 1.26. The Morgan fingerprint density at radius 2 is 1.89 bits per heavy atom. The number of amides is 2. The molecule has 1 saturated heterocycles. The van der Waals surface area contributed by atoms with E-state index < -0.39 is 0 Å². The van der Waals surface area contributed by atoms with Gasteiger partial charge >= 0.3 is 0 Å². The quantitative estimate of drug-likeness (QED) is 0.223. The average molecular weight is 602 g/mol. The van der Waals surface area contributed by atoms with Crippen LogP contribution in [0.15, 0.2) is 54.6 Å². The lowest BCUT2D eigenvalue weighted by Gasteiger charge is -2.32. The smallest absolute Gasteiger partial charge is 0.254 e.